The van der Waals surface area contributed by atoms with Crippen molar-refractivity contribution in [2.24, 2.45) is 5.92 Å². The highest BCUT2D eigenvalue weighted by Crippen LogP contribution is 2.23. The van der Waals surface area contributed by atoms with Gasteiger partial charge in [0.15, 0.2) is 0 Å². The van der Waals surface area contributed by atoms with Crippen molar-refractivity contribution in [3.63, 3.8) is 0 Å². The van der Waals surface area contributed by atoms with Gasteiger partial charge in [0.05, 0.1) is 6.54 Å². The number of rotatable bonds is 3. The quantitative estimate of drug-likeness (QED) is 0.810. The van der Waals surface area contributed by atoms with E-state index < -0.39 is 0 Å². The Bertz CT molecular complexity index is 427. The fraction of sp³-hybridized carbons (Fsp3) is 0.600. The van der Waals surface area contributed by atoms with Gasteiger partial charge in [-0.2, -0.15) is 0 Å². The van der Waals surface area contributed by atoms with Crippen molar-refractivity contribution in [3.05, 3.63) is 5.69 Å². The Morgan fingerprint density at radius 1 is 1.41 bits per heavy atom. The fourth-order valence-corrected chi connectivity index (χ4v) is 2.38. The molecule has 1 aliphatic heterocycles. The number of hydrogen-bond donors (Lipinski definition) is 1. The summed E-state index contributed by atoms with van der Waals surface area (Å²) in [4.78, 5) is 24.8. The minimum absolute atomic E-state index is 0.121. The Hall–Kier alpha value is -1.50. The number of nitrogens with one attached hydrogen (secondary N) is 1. The highest BCUT2D eigenvalue weighted by atomic mass is 32.1. The molecule has 1 saturated heterocycles. The molecular formula is C10H14N4O2S. The largest absolute Gasteiger partial charge is 0.377 e. The number of hydrogen-bond acceptors (Lipinski definition) is 6. The molecular weight excluding hydrogens is 240 g/mol. The monoisotopic (exact) mass is 254 g/mol. The van der Waals surface area contributed by atoms with E-state index in [4.69, 9.17) is 0 Å². The van der Waals surface area contributed by atoms with Gasteiger partial charge < -0.3 is 5.32 Å². The molecule has 0 spiro atoms. The molecule has 92 valence electrons. The normalized spacial score (nSPS) is 17.6. The van der Waals surface area contributed by atoms with E-state index in [1.54, 1.807) is 7.05 Å². The molecule has 7 heteroatoms. The number of anilines is 1. The highest BCUT2D eigenvalue weighted by molar-refractivity contribution is 7.10. The second-order valence-corrected chi connectivity index (χ2v) is 4.94. The van der Waals surface area contributed by atoms with Gasteiger partial charge in [-0.1, -0.05) is 11.4 Å². The van der Waals surface area contributed by atoms with Gasteiger partial charge in [-0.3, -0.25) is 14.5 Å². The van der Waals surface area contributed by atoms with E-state index in [1.165, 1.54) is 16.4 Å². The number of aromatic nitrogens is 2. The van der Waals surface area contributed by atoms with E-state index in [-0.39, 0.29) is 24.3 Å². The smallest absolute Gasteiger partial charge is 0.229 e. The molecule has 1 aliphatic rings. The molecule has 17 heavy (non-hydrogen) atoms. The van der Waals surface area contributed by atoms with Gasteiger partial charge >= 0.3 is 0 Å². The first-order chi connectivity index (χ1) is 8.11. The lowest BCUT2D eigenvalue weighted by Gasteiger charge is -2.27. The lowest BCUT2D eigenvalue weighted by molar-refractivity contribution is -0.150. The fourth-order valence-electron chi connectivity index (χ4n) is 1.86. The van der Waals surface area contributed by atoms with E-state index in [0.29, 0.717) is 18.5 Å². The molecule has 0 unspecified atom stereocenters. The Labute approximate surface area is 103 Å². The molecule has 1 aromatic heterocycles. The first kappa shape index (κ1) is 12.0. The third-order valence-corrected chi connectivity index (χ3v) is 3.52. The van der Waals surface area contributed by atoms with Crippen molar-refractivity contribution in [2.75, 3.05) is 12.4 Å². The Morgan fingerprint density at radius 2 is 2.06 bits per heavy atom. The van der Waals surface area contributed by atoms with Gasteiger partial charge in [0.2, 0.25) is 11.8 Å². The maximum atomic E-state index is 11.8. The second-order valence-electron chi connectivity index (χ2n) is 4.19. The van der Waals surface area contributed by atoms with Crippen LogP contribution in [0.4, 0.5) is 5.00 Å². The molecule has 0 atom stereocenters. The van der Waals surface area contributed by atoms with Crippen molar-refractivity contribution in [1.82, 2.24) is 14.5 Å². The van der Waals surface area contributed by atoms with Crippen LogP contribution in [-0.4, -0.2) is 33.3 Å². The molecule has 1 fully saturated rings. The number of piperidine rings is 1. The molecule has 1 N–H and O–H groups in total. The van der Waals surface area contributed by atoms with Gasteiger partial charge in [-0.25, -0.2) is 0 Å². The molecule has 2 amide bonds. The Kier molecular flexibility index (Phi) is 3.37. The third kappa shape index (κ3) is 2.44. The zero-order valence-corrected chi connectivity index (χ0v) is 10.6. The number of carbonyl (C=O) groups is 2. The Morgan fingerprint density at radius 3 is 2.65 bits per heavy atom. The topological polar surface area (TPSA) is 75.2 Å². The van der Waals surface area contributed by atoms with Crippen LogP contribution in [0, 0.1) is 5.92 Å². The zero-order valence-electron chi connectivity index (χ0n) is 9.77. The summed E-state index contributed by atoms with van der Waals surface area (Å²) in [5, 5.41) is 7.67. The predicted octanol–water partition coefficient (Wildman–Crippen LogP) is 0.865. The molecule has 0 aliphatic carbocycles. The zero-order chi connectivity index (χ0) is 12.4. The van der Waals surface area contributed by atoms with E-state index in [2.05, 4.69) is 14.9 Å². The van der Waals surface area contributed by atoms with Crippen LogP contribution in [0.5, 0.6) is 0 Å². The van der Waals surface area contributed by atoms with Crippen LogP contribution in [0.15, 0.2) is 0 Å². The lowest BCUT2D eigenvalue weighted by Crippen LogP contribution is -2.42. The molecule has 6 nitrogen and oxygen atoms in total. The van der Waals surface area contributed by atoms with E-state index in [1.807, 2.05) is 6.92 Å². The van der Waals surface area contributed by atoms with Crippen LogP contribution in [0.2, 0.25) is 0 Å². The van der Waals surface area contributed by atoms with Gasteiger partial charge in [-0.05, 0) is 5.92 Å². The number of carbonyl (C=O) groups excluding carboxylic acids is 2. The van der Waals surface area contributed by atoms with Crippen LogP contribution in [0.25, 0.3) is 0 Å². The van der Waals surface area contributed by atoms with Crippen molar-refractivity contribution in [1.29, 1.82) is 0 Å². The molecule has 2 rings (SSSR count). The highest BCUT2D eigenvalue weighted by Gasteiger charge is 2.31. The van der Waals surface area contributed by atoms with E-state index >= 15 is 0 Å². The summed E-state index contributed by atoms with van der Waals surface area (Å²) in [5.41, 5.74) is 0.647. The maximum absolute atomic E-state index is 11.8. The first-order valence-electron chi connectivity index (χ1n) is 5.44. The minimum Gasteiger partial charge on any atom is -0.377 e. The summed E-state index contributed by atoms with van der Waals surface area (Å²) in [6.07, 6.45) is 0.858. The summed E-state index contributed by atoms with van der Waals surface area (Å²) in [5.74, 6) is -0.101. The number of imide groups is 1. The van der Waals surface area contributed by atoms with Gasteiger partial charge in [-0.15, -0.1) is 5.10 Å². The standard InChI is InChI=1S/C10H14N4O2S/c1-6-3-8(15)14(9(16)4-6)5-7-10(11-2)17-13-12-7/h6,11H,3-5H2,1-2H3. The molecule has 0 aromatic carbocycles. The number of amides is 2. The summed E-state index contributed by atoms with van der Waals surface area (Å²) in [7, 11) is 1.76. The molecule has 2 heterocycles. The average molecular weight is 254 g/mol. The maximum Gasteiger partial charge on any atom is 0.229 e. The van der Waals surface area contributed by atoms with Crippen molar-refractivity contribution in [2.45, 2.75) is 26.3 Å². The van der Waals surface area contributed by atoms with Crippen molar-refractivity contribution in [3.8, 4) is 0 Å². The summed E-state index contributed by atoms with van der Waals surface area (Å²) >= 11 is 1.22. The van der Waals surface area contributed by atoms with Crippen LogP contribution in [0.1, 0.15) is 25.5 Å². The average Bonchev–Trinajstić information content (AvgIpc) is 2.70. The second kappa shape index (κ2) is 4.79. The third-order valence-electron chi connectivity index (χ3n) is 2.74. The van der Waals surface area contributed by atoms with Crippen LogP contribution in [-0.2, 0) is 16.1 Å². The molecule has 1 aromatic rings. The van der Waals surface area contributed by atoms with Crippen molar-refractivity contribution >= 4 is 28.3 Å². The van der Waals surface area contributed by atoms with Gasteiger partial charge in [0, 0.05) is 31.4 Å². The summed E-state index contributed by atoms with van der Waals surface area (Å²) < 4.78 is 3.80. The molecule has 0 saturated carbocycles. The lowest BCUT2D eigenvalue weighted by atomic mass is 9.98. The molecule has 0 bridgehead atoms. The molecule has 0 radical (unpaired) electrons. The SMILES string of the molecule is CNc1snnc1CN1C(=O)CC(C)CC1=O. The minimum atomic E-state index is -0.121. The van der Waals surface area contributed by atoms with Gasteiger partial charge in [0.25, 0.3) is 0 Å². The van der Waals surface area contributed by atoms with Crippen LogP contribution >= 0.6 is 11.5 Å². The van der Waals surface area contributed by atoms with Crippen LogP contribution in [0.3, 0.4) is 0 Å². The Balaban J connectivity index is 2.13. The predicted molar refractivity (Wildman–Crippen MR) is 63.4 cm³/mol. The summed E-state index contributed by atoms with van der Waals surface area (Å²) in [6.45, 7) is 2.13. The van der Waals surface area contributed by atoms with E-state index in [0.717, 1.165) is 5.00 Å². The van der Waals surface area contributed by atoms with Crippen molar-refractivity contribution < 1.29 is 9.59 Å². The van der Waals surface area contributed by atoms with E-state index in [9.17, 15) is 9.59 Å². The van der Waals surface area contributed by atoms with Gasteiger partial charge in [0.1, 0.15) is 10.7 Å². The number of nitrogens with zero attached hydrogens (tertiary/aromatic N) is 3. The van der Waals surface area contributed by atoms with Crippen LogP contribution < -0.4 is 5.32 Å². The summed E-state index contributed by atoms with van der Waals surface area (Å²) in [6, 6.07) is 0. The first-order valence-corrected chi connectivity index (χ1v) is 6.21. The number of likely N-dealkylation sites (tertiary alicyclic amines) is 1.